The number of carbonyl (C=O) groups excluding carboxylic acids is 2. The Hall–Kier alpha value is -2.45. The molecule has 6 N–H and O–H groups in total. The van der Waals surface area contributed by atoms with E-state index in [-0.39, 0.29) is 12.8 Å². The molecule has 1 aliphatic rings. The van der Waals surface area contributed by atoms with Gasteiger partial charge in [-0.1, -0.05) is 184 Å². The standard InChI is InChI=1S/C55H97O13P/c1-3-5-7-9-11-13-15-17-19-21-23-24-26-27-29-31-33-35-37-39-41-43-48(56)65-45-47(46-66-69(63,64)68-55-53(61)51(59)50(58)52(60)54(55)62)67-49(57)44-42-40-38-36-34-32-30-28-25-22-20-18-16-14-12-10-8-6-4-2/h12,14,17-20,25,28,32,34,47,50-55,58-62H,3-11,13,15-16,21-24,26-27,29-31,33,35-46H2,1-2H3,(H,63,64)/b14-12+,19-17+,20-18+,28-25+,34-32+/t47-,50?,51-,52?,53?,54?,55?/m0/s1. The molecular formula is C55H97O13P. The number of carbonyl (C=O) groups is 2. The van der Waals surface area contributed by atoms with Crippen LogP contribution in [-0.4, -0.2) is 98.3 Å². The normalized spacial score (nSPS) is 21.3. The minimum Gasteiger partial charge on any atom is -0.462 e. The van der Waals surface area contributed by atoms with E-state index in [1.54, 1.807) is 0 Å². The zero-order valence-electron chi connectivity index (χ0n) is 42.8. The van der Waals surface area contributed by atoms with E-state index in [4.69, 9.17) is 18.5 Å². The maximum Gasteiger partial charge on any atom is 0.472 e. The Morgan fingerprint density at radius 3 is 1.25 bits per heavy atom. The van der Waals surface area contributed by atoms with Crippen molar-refractivity contribution in [3.8, 4) is 0 Å². The van der Waals surface area contributed by atoms with Crippen LogP contribution in [0.15, 0.2) is 60.8 Å². The minimum atomic E-state index is -5.14. The molecule has 8 atom stereocenters. The number of hydrogen-bond donors (Lipinski definition) is 6. The second kappa shape index (κ2) is 44.3. The summed E-state index contributed by atoms with van der Waals surface area (Å²) >= 11 is 0. The van der Waals surface area contributed by atoms with Crippen LogP contribution in [0.4, 0.5) is 0 Å². The first kappa shape index (κ1) is 64.6. The third-order valence-electron chi connectivity index (χ3n) is 12.3. The number of unbranched alkanes of at least 4 members (excludes halogenated alkanes) is 23. The second-order valence-corrected chi connectivity index (χ2v) is 20.1. The van der Waals surface area contributed by atoms with E-state index in [2.05, 4.69) is 74.6 Å². The van der Waals surface area contributed by atoms with Gasteiger partial charge in [-0.25, -0.2) is 4.57 Å². The molecule has 1 saturated carbocycles. The first-order valence-electron chi connectivity index (χ1n) is 27.1. The fourth-order valence-corrected chi connectivity index (χ4v) is 8.94. The number of esters is 2. The highest BCUT2D eigenvalue weighted by Crippen LogP contribution is 2.47. The maximum atomic E-state index is 12.9. The Kier molecular flexibility index (Phi) is 41.4. The van der Waals surface area contributed by atoms with Crippen LogP contribution in [0.2, 0.25) is 0 Å². The van der Waals surface area contributed by atoms with E-state index >= 15 is 0 Å². The summed E-state index contributed by atoms with van der Waals surface area (Å²) in [5.41, 5.74) is 0. The van der Waals surface area contributed by atoms with E-state index in [0.717, 1.165) is 64.2 Å². The van der Waals surface area contributed by atoms with Gasteiger partial charge in [0.2, 0.25) is 0 Å². The van der Waals surface area contributed by atoms with Gasteiger partial charge in [0.05, 0.1) is 6.61 Å². The van der Waals surface area contributed by atoms with Crippen LogP contribution >= 0.6 is 7.82 Å². The lowest BCUT2D eigenvalue weighted by atomic mass is 9.85. The van der Waals surface area contributed by atoms with Crippen LogP contribution in [0.5, 0.6) is 0 Å². The minimum absolute atomic E-state index is 0.0577. The molecule has 14 heteroatoms. The van der Waals surface area contributed by atoms with Crippen LogP contribution in [0.1, 0.15) is 219 Å². The summed E-state index contributed by atoms with van der Waals surface area (Å²) in [5.74, 6) is -1.13. The fraction of sp³-hybridized carbons (Fsp3) is 0.782. The average Bonchev–Trinajstić information content (AvgIpc) is 3.33. The van der Waals surface area contributed by atoms with Crippen molar-refractivity contribution in [3.05, 3.63) is 60.8 Å². The molecule has 0 aromatic carbocycles. The highest BCUT2D eigenvalue weighted by molar-refractivity contribution is 7.47. The van der Waals surface area contributed by atoms with E-state index in [9.17, 15) is 44.6 Å². The number of ether oxygens (including phenoxy) is 2. The van der Waals surface area contributed by atoms with Crippen molar-refractivity contribution in [3.63, 3.8) is 0 Å². The van der Waals surface area contributed by atoms with Gasteiger partial charge in [-0.15, -0.1) is 0 Å². The molecule has 0 spiro atoms. The Balaban J connectivity index is 2.40. The van der Waals surface area contributed by atoms with Gasteiger partial charge in [0, 0.05) is 12.8 Å². The lowest BCUT2D eigenvalue weighted by molar-refractivity contribution is -0.220. The Morgan fingerprint density at radius 1 is 0.449 bits per heavy atom. The first-order chi connectivity index (χ1) is 33.4. The summed E-state index contributed by atoms with van der Waals surface area (Å²) in [7, 11) is -5.14. The molecule has 0 radical (unpaired) electrons. The predicted molar refractivity (Wildman–Crippen MR) is 276 cm³/mol. The quantitative estimate of drug-likeness (QED) is 0.0145. The number of allylic oxidation sites excluding steroid dienone is 10. The highest BCUT2D eigenvalue weighted by atomic mass is 31.2. The van der Waals surface area contributed by atoms with Crippen LogP contribution < -0.4 is 0 Å². The van der Waals surface area contributed by atoms with Gasteiger partial charge in [-0.3, -0.25) is 18.6 Å². The molecule has 69 heavy (non-hydrogen) atoms. The highest BCUT2D eigenvalue weighted by Gasteiger charge is 2.51. The summed E-state index contributed by atoms with van der Waals surface area (Å²) in [5, 5.41) is 50.3. The molecule has 0 bridgehead atoms. The lowest BCUT2D eigenvalue weighted by Crippen LogP contribution is -2.64. The molecular weight excluding hydrogens is 900 g/mol. The van der Waals surface area contributed by atoms with Crippen molar-refractivity contribution >= 4 is 19.8 Å². The van der Waals surface area contributed by atoms with Crippen molar-refractivity contribution in [2.45, 2.75) is 262 Å². The molecule has 1 aliphatic carbocycles. The van der Waals surface area contributed by atoms with Crippen molar-refractivity contribution < 1.29 is 63.1 Å². The molecule has 1 fully saturated rings. The summed E-state index contributed by atoms with van der Waals surface area (Å²) in [4.78, 5) is 35.9. The molecule has 0 heterocycles. The van der Waals surface area contributed by atoms with Crippen molar-refractivity contribution in [1.82, 2.24) is 0 Å². The van der Waals surface area contributed by atoms with Crippen molar-refractivity contribution in [2.24, 2.45) is 0 Å². The number of phosphoric ester groups is 1. The maximum absolute atomic E-state index is 12.9. The first-order valence-corrected chi connectivity index (χ1v) is 28.6. The number of aliphatic hydroxyl groups is 5. The average molecular weight is 997 g/mol. The third-order valence-corrected chi connectivity index (χ3v) is 13.3. The Labute approximate surface area is 417 Å². The Morgan fingerprint density at radius 2 is 0.783 bits per heavy atom. The van der Waals surface area contributed by atoms with E-state index in [0.29, 0.717) is 12.8 Å². The van der Waals surface area contributed by atoms with E-state index in [1.165, 1.54) is 116 Å². The van der Waals surface area contributed by atoms with Gasteiger partial charge < -0.3 is 39.9 Å². The number of aliphatic hydroxyl groups excluding tert-OH is 5. The van der Waals surface area contributed by atoms with E-state index < -0.39 is 75.7 Å². The topological polar surface area (TPSA) is 210 Å². The molecule has 0 amide bonds. The van der Waals surface area contributed by atoms with Crippen LogP contribution in [0, 0.1) is 0 Å². The zero-order chi connectivity index (χ0) is 50.6. The zero-order valence-corrected chi connectivity index (χ0v) is 43.7. The molecule has 0 aromatic rings. The Bertz CT molecular complexity index is 1430. The van der Waals surface area contributed by atoms with Gasteiger partial charge >= 0.3 is 19.8 Å². The van der Waals surface area contributed by atoms with Gasteiger partial charge in [-0.05, 0) is 83.5 Å². The van der Waals surface area contributed by atoms with E-state index in [1.807, 2.05) is 0 Å². The molecule has 1 rings (SSSR count). The molecule has 400 valence electrons. The smallest absolute Gasteiger partial charge is 0.462 e. The van der Waals surface area contributed by atoms with Crippen molar-refractivity contribution in [1.29, 1.82) is 0 Å². The number of phosphoric acid groups is 1. The van der Waals surface area contributed by atoms with Crippen LogP contribution in [0.3, 0.4) is 0 Å². The van der Waals surface area contributed by atoms with Crippen molar-refractivity contribution in [2.75, 3.05) is 13.2 Å². The number of rotatable bonds is 45. The largest absolute Gasteiger partial charge is 0.472 e. The third kappa shape index (κ3) is 36.2. The van der Waals surface area contributed by atoms with Crippen LogP contribution in [-0.2, 0) is 32.7 Å². The molecule has 0 saturated heterocycles. The number of hydrogen-bond acceptors (Lipinski definition) is 12. The lowest BCUT2D eigenvalue weighted by Gasteiger charge is -2.41. The fourth-order valence-electron chi connectivity index (χ4n) is 7.97. The molecule has 13 nitrogen and oxygen atoms in total. The van der Waals surface area contributed by atoms with Gasteiger partial charge in [0.1, 0.15) is 43.2 Å². The summed E-state index contributed by atoms with van der Waals surface area (Å²) in [6.45, 7) is 3.27. The molecule has 0 aliphatic heterocycles. The summed E-state index contributed by atoms with van der Waals surface area (Å²) in [6.07, 6.45) is 42.6. The summed E-state index contributed by atoms with van der Waals surface area (Å²) in [6, 6.07) is 0. The second-order valence-electron chi connectivity index (χ2n) is 18.7. The predicted octanol–water partition coefficient (Wildman–Crippen LogP) is 12.1. The van der Waals surface area contributed by atoms with Gasteiger partial charge in [0.25, 0.3) is 0 Å². The van der Waals surface area contributed by atoms with Crippen LogP contribution in [0.25, 0.3) is 0 Å². The van der Waals surface area contributed by atoms with Gasteiger partial charge in [0.15, 0.2) is 6.10 Å². The molecule has 0 aromatic heterocycles. The summed E-state index contributed by atoms with van der Waals surface area (Å²) < 4.78 is 33.7. The SMILES string of the molecule is CCCCC/C=C/C/C=C/C/C=C/C/C=C/CCCCCC(=O)O[C@@H](COC(=O)CCCCCCCCCCCCC/C=C/CCCCCCCC)COP(=O)(O)OC1C(O)C(O)C(O)[C@H](O)C1O. The van der Waals surface area contributed by atoms with Gasteiger partial charge in [-0.2, -0.15) is 0 Å². The molecule has 6 unspecified atom stereocenters. The monoisotopic (exact) mass is 997 g/mol.